The van der Waals surface area contributed by atoms with E-state index in [9.17, 15) is 4.79 Å². The van der Waals surface area contributed by atoms with E-state index >= 15 is 0 Å². The van der Waals surface area contributed by atoms with Crippen LogP contribution in [0.3, 0.4) is 0 Å². The van der Waals surface area contributed by atoms with Crippen LogP contribution in [0.15, 0.2) is 24.3 Å². The van der Waals surface area contributed by atoms with Crippen molar-refractivity contribution in [1.82, 2.24) is 0 Å². The summed E-state index contributed by atoms with van der Waals surface area (Å²) in [5.41, 5.74) is 0. The van der Waals surface area contributed by atoms with Crippen molar-refractivity contribution in [3.8, 4) is 5.75 Å². The summed E-state index contributed by atoms with van der Waals surface area (Å²) in [4.78, 5) is 10.8. The molecule has 1 aliphatic carbocycles. The van der Waals surface area contributed by atoms with E-state index in [1.54, 1.807) is 12.1 Å². The average Bonchev–Trinajstić information content (AvgIpc) is 2.31. The highest BCUT2D eigenvalue weighted by molar-refractivity contribution is 6.30. The van der Waals surface area contributed by atoms with E-state index in [4.69, 9.17) is 21.4 Å². The van der Waals surface area contributed by atoms with Gasteiger partial charge in [-0.05, 0) is 37.5 Å². The Labute approximate surface area is 112 Å². The first-order valence-electron chi connectivity index (χ1n) is 6.29. The Kier molecular flexibility index (Phi) is 4.48. The molecule has 1 saturated carbocycles. The van der Waals surface area contributed by atoms with Crippen LogP contribution in [0.1, 0.15) is 32.1 Å². The average molecular weight is 269 g/mol. The fourth-order valence-corrected chi connectivity index (χ4v) is 2.68. The molecule has 0 aromatic heterocycles. The van der Waals surface area contributed by atoms with E-state index in [1.807, 2.05) is 12.1 Å². The third-order valence-corrected chi connectivity index (χ3v) is 3.59. The highest BCUT2D eigenvalue weighted by atomic mass is 35.5. The maximum absolute atomic E-state index is 10.8. The molecule has 1 fully saturated rings. The van der Waals surface area contributed by atoms with Gasteiger partial charge in [0.1, 0.15) is 11.9 Å². The fourth-order valence-electron chi connectivity index (χ4n) is 2.50. The quantitative estimate of drug-likeness (QED) is 0.905. The van der Waals surface area contributed by atoms with Crippen LogP contribution >= 0.6 is 11.6 Å². The van der Waals surface area contributed by atoms with Gasteiger partial charge in [-0.2, -0.15) is 0 Å². The maximum atomic E-state index is 10.8. The van der Waals surface area contributed by atoms with Crippen LogP contribution < -0.4 is 4.74 Å². The number of rotatable bonds is 4. The number of carboxylic acid groups (broad SMARTS) is 1. The summed E-state index contributed by atoms with van der Waals surface area (Å²) >= 11 is 5.91. The van der Waals surface area contributed by atoms with Crippen LogP contribution in [0.2, 0.25) is 5.02 Å². The van der Waals surface area contributed by atoms with Gasteiger partial charge in [0.05, 0.1) is 6.42 Å². The topological polar surface area (TPSA) is 46.5 Å². The van der Waals surface area contributed by atoms with Gasteiger partial charge in [0, 0.05) is 10.9 Å². The van der Waals surface area contributed by atoms with Crippen molar-refractivity contribution in [2.45, 2.75) is 38.2 Å². The smallest absolute Gasteiger partial charge is 0.303 e. The zero-order chi connectivity index (χ0) is 13.0. The third-order valence-electron chi connectivity index (χ3n) is 3.36. The summed E-state index contributed by atoms with van der Waals surface area (Å²) in [6, 6.07) is 7.27. The Hall–Kier alpha value is -1.22. The van der Waals surface area contributed by atoms with Gasteiger partial charge in [0.2, 0.25) is 0 Å². The number of hydrogen-bond acceptors (Lipinski definition) is 2. The van der Waals surface area contributed by atoms with Crippen molar-refractivity contribution in [3.05, 3.63) is 29.3 Å². The molecule has 0 amide bonds. The first-order chi connectivity index (χ1) is 8.65. The second-order valence-electron chi connectivity index (χ2n) is 4.76. The fraction of sp³-hybridized carbons (Fsp3) is 0.500. The van der Waals surface area contributed by atoms with Crippen LogP contribution in [0.5, 0.6) is 5.75 Å². The molecule has 2 unspecified atom stereocenters. The van der Waals surface area contributed by atoms with Crippen molar-refractivity contribution in [2.24, 2.45) is 5.92 Å². The van der Waals surface area contributed by atoms with Crippen LogP contribution in [-0.4, -0.2) is 17.2 Å². The van der Waals surface area contributed by atoms with E-state index in [-0.39, 0.29) is 18.4 Å². The van der Waals surface area contributed by atoms with E-state index in [1.165, 1.54) is 0 Å². The second-order valence-corrected chi connectivity index (χ2v) is 5.19. The number of hydrogen-bond donors (Lipinski definition) is 1. The molecule has 0 radical (unpaired) electrons. The molecule has 18 heavy (non-hydrogen) atoms. The number of benzene rings is 1. The molecular weight excluding hydrogens is 252 g/mol. The Bertz CT molecular complexity index is 419. The molecule has 0 heterocycles. The molecule has 1 aromatic carbocycles. The van der Waals surface area contributed by atoms with E-state index in [0.717, 1.165) is 31.4 Å². The molecule has 1 aromatic rings. The standard InChI is InChI=1S/C14H17ClO3/c15-11-5-3-6-12(9-11)18-13-7-2-1-4-10(13)8-14(16)17/h3,5-6,9-10,13H,1-2,4,7-8H2,(H,16,17). The van der Waals surface area contributed by atoms with Crippen molar-refractivity contribution < 1.29 is 14.6 Å². The number of aliphatic carboxylic acids is 1. The highest BCUT2D eigenvalue weighted by Crippen LogP contribution is 2.31. The molecule has 0 bridgehead atoms. The van der Waals surface area contributed by atoms with Crippen LogP contribution in [0.25, 0.3) is 0 Å². The minimum Gasteiger partial charge on any atom is -0.490 e. The molecule has 98 valence electrons. The molecule has 2 atom stereocenters. The van der Waals surface area contributed by atoms with Crippen molar-refractivity contribution in [1.29, 1.82) is 0 Å². The van der Waals surface area contributed by atoms with Gasteiger partial charge in [0.15, 0.2) is 0 Å². The number of halogens is 1. The van der Waals surface area contributed by atoms with E-state index in [0.29, 0.717) is 5.02 Å². The van der Waals surface area contributed by atoms with Gasteiger partial charge in [-0.25, -0.2) is 0 Å². The van der Waals surface area contributed by atoms with Gasteiger partial charge >= 0.3 is 5.97 Å². The zero-order valence-electron chi connectivity index (χ0n) is 10.1. The molecule has 1 N–H and O–H groups in total. The summed E-state index contributed by atoms with van der Waals surface area (Å²) < 4.78 is 5.90. The second kappa shape index (κ2) is 6.10. The van der Waals surface area contributed by atoms with Gasteiger partial charge in [-0.15, -0.1) is 0 Å². The lowest BCUT2D eigenvalue weighted by Crippen LogP contribution is -2.32. The summed E-state index contributed by atoms with van der Waals surface area (Å²) in [6.07, 6.45) is 4.22. The maximum Gasteiger partial charge on any atom is 0.303 e. The third kappa shape index (κ3) is 3.64. The van der Waals surface area contributed by atoms with Crippen molar-refractivity contribution >= 4 is 17.6 Å². The minimum absolute atomic E-state index is 0.00619. The highest BCUT2D eigenvalue weighted by Gasteiger charge is 2.28. The molecule has 0 aliphatic heterocycles. The summed E-state index contributed by atoms with van der Waals surface area (Å²) in [5, 5.41) is 9.55. The Morgan fingerprint density at radius 2 is 2.17 bits per heavy atom. The normalized spacial score (nSPS) is 23.6. The van der Waals surface area contributed by atoms with Gasteiger partial charge in [-0.3, -0.25) is 4.79 Å². The molecule has 1 aliphatic rings. The lowest BCUT2D eigenvalue weighted by atomic mass is 9.84. The largest absolute Gasteiger partial charge is 0.490 e. The number of ether oxygens (including phenoxy) is 1. The van der Waals surface area contributed by atoms with E-state index < -0.39 is 5.97 Å². The summed E-state index contributed by atoms with van der Waals surface area (Å²) in [5.74, 6) is 0.0848. The summed E-state index contributed by atoms with van der Waals surface area (Å²) in [6.45, 7) is 0. The summed E-state index contributed by atoms with van der Waals surface area (Å²) in [7, 11) is 0. The first kappa shape index (κ1) is 13.2. The molecule has 2 rings (SSSR count). The molecule has 0 saturated heterocycles. The predicted octanol–water partition coefficient (Wildman–Crippen LogP) is 3.75. The first-order valence-corrected chi connectivity index (χ1v) is 6.67. The lowest BCUT2D eigenvalue weighted by molar-refractivity contribution is -0.139. The Morgan fingerprint density at radius 3 is 2.89 bits per heavy atom. The monoisotopic (exact) mass is 268 g/mol. The molecule has 0 spiro atoms. The molecular formula is C14H17ClO3. The van der Waals surface area contributed by atoms with Crippen LogP contribution in [-0.2, 0) is 4.79 Å². The van der Waals surface area contributed by atoms with Gasteiger partial charge in [0.25, 0.3) is 0 Å². The molecule has 3 nitrogen and oxygen atoms in total. The van der Waals surface area contributed by atoms with E-state index in [2.05, 4.69) is 0 Å². The predicted molar refractivity (Wildman–Crippen MR) is 70.1 cm³/mol. The lowest BCUT2D eigenvalue weighted by Gasteiger charge is -2.31. The number of carboxylic acids is 1. The number of carbonyl (C=O) groups is 1. The van der Waals surface area contributed by atoms with Gasteiger partial charge in [-0.1, -0.05) is 24.1 Å². The van der Waals surface area contributed by atoms with Crippen molar-refractivity contribution in [3.63, 3.8) is 0 Å². The minimum atomic E-state index is -0.749. The zero-order valence-corrected chi connectivity index (χ0v) is 10.9. The van der Waals surface area contributed by atoms with Crippen LogP contribution in [0, 0.1) is 5.92 Å². The van der Waals surface area contributed by atoms with Crippen molar-refractivity contribution in [2.75, 3.05) is 0 Å². The Morgan fingerprint density at radius 1 is 1.39 bits per heavy atom. The molecule has 4 heteroatoms. The Balaban J connectivity index is 2.03. The van der Waals surface area contributed by atoms with Crippen LogP contribution in [0.4, 0.5) is 0 Å². The SMILES string of the molecule is O=C(O)CC1CCCCC1Oc1cccc(Cl)c1. The van der Waals surface area contributed by atoms with Gasteiger partial charge < -0.3 is 9.84 Å².